The van der Waals surface area contributed by atoms with E-state index in [1.54, 1.807) is 0 Å². The van der Waals surface area contributed by atoms with Crippen LogP contribution in [0.3, 0.4) is 0 Å². The number of nitrogens with one attached hydrogen (secondary N) is 2. The van der Waals surface area contributed by atoms with E-state index in [0.29, 0.717) is 24.8 Å². The van der Waals surface area contributed by atoms with Crippen molar-refractivity contribution in [3.63, 3.8) is 0 Å². The van der Waals surface area contributed by atoms with Crippen LogP contribution in [0.1, 0.15) is 54.1 Å². The Labute approximate surface area is 164 Å². The lowest BCUT2D eigenvalue weighted by Gasteiger charge is -2.42. The molecule has 0 aromatic carbocycles. The van der Waals surface area contributed by atoms with Crippen molar-refractivity contribution in [3.8, 4) is 6.07 Å². The van der Waals surface area contributed by atoms with Crippen molar-refractivity contribution in [1.82, 2.24) is 5.32 Å². The predicted molar refractivity (Wildman–Crippen MR) is 105 cm³/mol. The molecule has 8 heteroatoms. The number of amides is 1. The summed E-state index contributed by atoms with van der Waals surface area (Å²) in [5.41, 5.74) is 1.46. The Hall–Kier alpha value is -1.10. The third-order valence-corrected chi connectivity index (χ3v) is 7.04. The van der Waals surface area contributed by atoms with Crippen molar-refractivity contribution in [2.75, 3.05) is 5.32 Å². The number of nitrogens with zero attached hydrogens (tertiary/aromatic N) is 1. The van der Waals surface area contributed by atoms with Crippen LogP contribution in [0.4, 0.5) is 5.00 Å². The van der Waals surface area contributed by atoms with Crippen LogP contribution in [0.25, 0.3) is 0 Å². The molecule has 0 atom stereocenters. The van der Waals surface area contributed by atoms with Gasteiger partial charge in [-0.3, -0.25) is 4.79 Å². The fourth-order valence-corrected chi connectivity index (χ4v) is 6.08. The topological polar surface area (TPSA) is 64.9 Å². The van der Waals surface area contributed by atoms with E-state index in [4.69, 9.17) is 23.2 Å². The molecule has 0 aliphatic carbocycles. The molecule has 0 bridgehead atoms. The lowest BCUT2D eigenvalue weighted by molar-refractivity contribution is 0.102. The molecule has 0 unspecified atom stereocenters. The van der Waals surface area contributed by atoms with Crippen LogP contribution in [0, 0.1) is 11.3 Å². The monoisotopic (exact) mass is 413 g/mol. The summed E-state index contributed by atoms with van der Waals surface area (Å²) in [6, 6.07) is 3.81. The Balaban J connectivity index is 2.02. The number of thiophene rings is 2. The second-order valence-electron chi connectivity index (χ2n) is 7.23. The van der Waals surface area contributed by atoms with Gasteiger partial charge in [-0.1, -0.05) is 23.2 Å². The highest BCUT2D eigenvalue weighted by Gasteiger charge is 2.40. The minimum Gasteiger partial charge on any atom is -0.312 e. The molecule has 2 aromatic heterocycles. The summed E-state index contributed by atoms with van der Waals surface area (Å²) >= 11 is 14.6. The molecule has 0 radical (unpaired) electrons. The van der Waals surface area contributed by atoms with E-state index in [-0.39, 0.29) is 17.0 Å². The number of halogens is 2. The zero-order valence-electron chi connectivity index (χ0n) is 14.2. The average Bonchev–Trinajstić information content (AvgIpc) is 2.97. The van der Waals surface area contributed by atoms with Crippen molar-refractivity contribution < 1.29 is 4.79 Å². The predicted octanol–water partition coefficient (Wildman–Crippen LogP) is 5.40. The SMILES string of the molecule is CC1(C)Cc2c(sc(NC(=O)c3cc(Cl)sc3Cl)c2C#N)C(C)(C)N1. The van der Waals surface area contributed by atoms with Gasteiger partial charge in [-0.25, -0.2) is 0 Å². The molecule has 0 spiro atoms. The average molecular weight is 414 g/mol. The molecule has 132 valence electrons. The van der Waals surface area contributed by atoms with Gasteiger partial charge in [0, 0.05) is 16.0 Å². The molecule has 0 saturated carbocycles. The summed E-state index contributed by atoms with van der Waals surface area (Å²) in [7, 11) is 0. The lowest BCUT2D eigenvalue weighted by atomic mass is 9.81. The number of carbonyl (C=O) groups excluding carboxylic acids is 1. The van der Waals surface area contributed by atoms with E-state index in [9.17, 15) is 10.1 Å². The zero-order valence-corrected chi connectivity index (χ0v) is 17.4. The van der Waals surface area contributed by atoms with Crippen LogP contribution >= 0.6 is 45.9 Å². The lowest BCUT2D eigenvalue weighted by Crippen LogP contribution is -2.54. The Morgan fingerprint density at radius 2 is 2.00 bits per heavy atom. The highest BCUT2D eigenvalue weighted by atomic mass is 35.5. The van der Waals surface area contributed by atoms with Gasteiger partial charge in [0.25, 0.3) is 5.91 Å². The summed E-state index contributed by atoms with van der Waals surface area (Å²) in [4.78, 5) is 13.6. The minimum atomic E-state index is -0.353. The highest BCUT2D eigenvalue weighted by molar-refractivity contribution is 7.20. The molecule has 2 N–H and O–H groups in total. The third-order valence-electron chi connectivity index (χ3n) is 4.08. The van der Waals surface area contributed by atoms with E-state index in [2.05, 4.69) is 44.4 Å². The first kappa shape index (κ1) is 18.7. The smallest absolute Gasteiger partial charge is 0.258 e. The maximum atomic E-state index is 12.6. The number of nitriles is 1. The molecule has 4 nitrogen and oxygen atoms in total. The first-order chi connectivity index (χ1) is 11.5. The summed E-state index contributed by atoms with van der Waals surface area (Å²) in [5.74, 6) is -0.353. The Morgan fingerprint density at radius 3 is 2.56 bits per heavy atom. The largest absolute Gasteiger partial charge is 0.312 e. The Bertz CT molecular complexity index is 906. The molecule has 25 heavy (non-hydrogen) atoms. The normalized spacial score (nSPS) is 17.6. The van der Waals surface area contributed by atoms with Gasteiger partial charge in [0.05, 0.1) is 15.5 Å². The first-order valence-electron chi connectivity index (χ1n) is 7.66. The van der Waals surface area contributed by atoms with E-state index in [1.807, 2.05) is 0 Å². The van der Waals surface area contributed by atoms with Crippen molar-refractivity contribution in [3.05, 3.63) is 36.3 Å². The molecule has 2 aromatic rings. The Kier molecular flexibility index (Phi) is 4.68. The van der Waals surface area contributed by atoms with E-state index >= 15 is 0 Å². The van der Waals surface area contributed by atoms with Crippen LogP contribution in [-0.2, 0) is 12.0 Å². The molecule has 3 heterocycles. The highest BCUT2D eigenvalue weighted by Crippen LogP contribution is 2.45. The zero-order chi connectivity index (χ0) is 18.6. The fourth-order valence-electron chi connectivity index (χ4n) is 3.40. The number of hydrogen-bond donors (Lipinski definition) is 2. The van der Waals surface area contributed by atoms with Crippen LogP contribution in [0.5, 0.6) is 0 Å². The third kappa shape index (κ3) is 3.44. The first-order valence-corrected chi connectivity index (χ1v) is 10.0. The van der Waals surface area contributed by atoms with Gasteiger partial charge in [-0.2, -0.15) is 5.26 Å². The van der Waals surface area contributed by atoms with Gasteiger partial charge >= 0.3 is 0 Å². The van der Waals surface area contributed by atoms with Gasteiger partial charge in [0.1, 0.15) is 15.4 Å². The van der Waals surface area contributed by atoms with E-state index in [1.165, 1.54) is 17.4 Å². The number of hydrogen-bond acceptors (Lipinski definition) is 5. The molecular formula is C17H17Cl2N3OS2. The van der Waals surface area contributed by atoms with Gasteiger partial charge in [0.2, 0.25) is 0 Å². The summed E-state index contributed by atoms with van der Waals surface area (Å²) in [6.07, 6.45) is 0.728. The number of carbonyl (C=O) groups is 1. The van der Waals surface area contributed by atoms with Gasteiger partial charge in [-0.05, 0) is 45.7 Å². The van der Waals surface area contributed by atoms with Crippen molar-refractivity contribution in [1.29, 1.82) is 5.26 Å². The minimum absolute atomic E-state index is 0.130. The molecule has 0 fully saturated rings. The number of anilines is 1. The van der Waals surface area contributed by atoms with Crippen molar-refractivity contribution in [2.45, 2.75) is 45.2 Å². The Morgan fingerprint density at radius 1 is 1.32 bits per heavy atom. The summed E-state index contributed by atoms with van der Waals surface area (Å²) < 4.78 is 0.790. The van der Waals surface area contributed by atoms with Crippen LogP contribution in [0.15, 0.2) is 6.07 Å². The molecule has 1 amide bonds. The molecular weight excluding hydrogens is 397 g/mol. The van der Waals surface area contributed by atoms with Crippen LogP contribution < -0.4 is 10.6 Å². The number of rotatable bonds is 2. The number of fused-ring (bicyclic) bond motifs is 1. The summed E-state index contributed by atoms with van der Waals surface area (Å²) in [6.45, 7) is 8.40. The second kappa shape index (κ2) is 6.26. The second-order valence-corrected chi connectivity index (χ2v) is 10.5. The molecule has 1 aliphatic heterocycles. The fraction of sp³-hybridized carbons (Fsp3) is 0.412. The maximum absolute atomic E-state index is 12.6. The van der Waals surface area contributed by atoms with Gasteiger partial charge in [0.15, 0.2) is 0 Å². The quantitative estimate of drug-likeness (QED) is 0.692. The van der Waals surface area contributed by atoms with Gasteiger partial charge < -0.3 is 10.6 Å². The van der Waals surface area contributed by atoms with E-state index in [0.717, 1.165) is 28.2 Å². The summed E-state index contributed by atoms with van der Waals surface area (Å²) in [5, 5.41) is 16.7. The molecule has 3 rings (SSSR count). The van der Waals surface area contributed by atoms with Crippen molar-refractivity contribution in [2.24, 2.45) is 0 Å². The van der Waals surface area contributed by atoms with Crippen LogP contribution in [0.2, 0.25) is 8.67 Å². The van der Waals surface area contributed by atoms with Crippen molar-refractivity contribution >= 4 is 56.8 Å². The molecule has 0 saturated heterocycles. The standard InChI is InChI=1S/C17H17Cl2N3OS2/c1-16(2)6-9-10(7-20)15(25-12(9)17(3,4)22-16)21-14(23)8-5-11(18)24-13(8)19/h5,22H,6H2,1-4H3,(H,21,23). The maximum Gasteiger partial charge on any atom is 0.258 e. The van der Waals surface area contributed by atoms with E-state index < -0.39 is 0 Å². The van der Waals surface area contributed by atoms with Crippen LogP contribution in [-0.4, -0.2) is 11.4 Å². The van der Waals surface area contributed by atoms with Gasteiger partial charge in [-0.15, -0.1) is 22.7 Å². The molecule has 1 aliphatic rings.